The van der Waals surface area contributed by atoms with Gasteiger partial charge in [0.2, 0.25) is 0 Å². The zero-order valence-corrected chi connectivity index (χ0v) is 9.43. The van der Waals surface area contributed by atoms with E-state index in [1.807, 2.05) is 0 Å². The van der Waals surface area contributed by atoms with Crippen LogP contribution in [0.4, 0.5) is 0 Å². The molecule has 0 aromatic heterocycles. The van der Waals surface area contributed by atoms with Crippen LogP contribution >= 0.6 is 0 Å². The van der Waals surface area contributed by atoms with Gasteiger partial charge in [-0.25, -0.2) is 4.79 Å². The van der Waals surface area contributed by atoms with Gasteiger partial charge in [0.25, 0.3) is 0 Å². The Bertz CT molecular complexity index is 245. The molecule has 14 heavy (non-hydrogen) atoms. The first-order valence-corrected chi connectivity index (χ1v) is 5.28. The van der Waals surface area contributed by atoms with Gasteiger partial charge in [-0.05, 0) is 19.3 Å². The largest absolute Gasteiger partial charge is 0.462 e. The summed E-state index contributed by atoms with van der Waals surface area (Å²) in [5, 5.41) is 0. The summed E-state index contributed by atoms with van der Waals surface area (Å²) in [6.07, 6.45) is 3.67. The lowest BCUT2D eigenvalue weighted by Crippen LogP contribution is -2.27. The van der Waals surface area contributed by atoms with Crippen molar-refractivity contribution in [2.45, 2.75) is 40.0 Å². The van der Waals surface area contributed by atoms with Crippen LogP contribution in [0.3, 0.4) is 0 Å². The van der Waals surface area contributed by atoms with Gasteiger partial charge >= 0.3 is 5.97 Å². The van der Waals surface area contributed by atoms with E-state index in [-0.39, 0.29) is 11.4 Å². The van der Waals surface area contributed by atoms with E-state index in [0.29, 0.717) is 18.1 Å². The molecule has 2 nitrogen and oxygen atoms in total. The van der Waals surface area contributed by atoms with Crippen molar-refractivity contribution in [3.63, 3.8) is 0 Å². The van der Waals surface area contributed by atoms with Gasteiger partial charge in [0.1, 0.15) is 0 Å². The first kappa shape index (κ1) is 11.3. The standard InChI is InChI=1S/C12H20O2/c1-9(2)11(13)14-8-12(4)7-5-6-10(12)3/h10H,1,5-8H2,2-4H3. The minimum absolute atomic E-state index is 0.186. The van der Waals surface area contributed by atoms with Gasteiger partial charge in [0, 0.05) is 11.0 Å². The Kier molecular flexibility index (Phi) is 3.35. The van der Waals surface area contributed by atoms with Crippen LogP contribution in [0, 0.1) is 11.3 Å². The summed E-state index contributed by atoms with van der Waals surface area (Å²) < 4.78 is 5.22. The second-order valence-corrected chi connectivity index (χ2v) is 4.80. The molecule has 1 aliphatic carbocycles. The Hall–Kier alpha value is -0.790. The number of hydrogen-bond donors (Lipinski definition) is 0. The van der Waals surface area contributed by atoms with Crippen LogP contribution in [0.2, 0.25) is 0 Å². The summed E-state index contributed by atoms with van der Waals surface area (Å²) in [5.74, 6) is 0.394. The average molecular weight is 196 g/mol. The molecular formula is C12H20O2. The Morgan fingerprint density at radius 1 is 1.64 bits per heavy atom. The number of rotatable bonds is 3. The predicted molar refractivity (Wildman–Crippen MR) is 56.9 cm³/mol. The molecule has 0 bridgehead atoms. The average Bonchev–Trinajstić information content (AvgIpc) is 2.44. The molecule has 1 fully saturated rings. The van der Waals surface area contributed by atoms with Crippen LogP contribution in [0.25, 0.3) is 0 Å². The third-order valence-corrected chi connectivity index (χ3v) is 3.46. The molecule has 80 valence electrons. The van der Waals surface area contributed by atoms with E-state index < -0.39 is 0 Å². The monoisotopic (exact) mass is 196 g/mol. The molecule has 0 amide bonds. The Labute approximate surface area is 86.3 Å². The van der Waals surface area contributed by atoms with E-state index in [9.17, 15) is 4.79 Å². The lowest BCUT2D eigenvalue weighted by atomic mass is 9.82. The maximum Gasteiger partial charge on any atom is 0.333 e. The summed E-state index contributed by atoms with van der Waals surface area (Å²) in [6, 6.07) is 0. The normalized spacial score (nSPS) is 31.5. The van der Waals surface area contributed by atoms with Crippen molar-refractivity contribution in [1.82, 2.24) is 0 Å². The number of carbonyl (C=O) groups excluding carboxylic acids is 1. The maximum absolute atomic E-state index is 11.2. The quantitative estimate of drug-likeness (QED) is 0.512. The van der Waals surface area contributed by atoms with Gasteiger partial charge in [0.15, 0.2) is 0 Å². The van der Waals surface area contributed by atoms with Crippen molar-refractivity contribution >= 4 is 5.97 Å². The number of carbonyl (C=O) groups is 1. The van der Waals surface area contributed by atoms with Crippen molar-refractivity contribution in [3.05, 3.63) is 12.2 Å². The molecule has 0 aliphatic heterocycles. The predicted octanol–water partition coefficient (Wildman–Crippen LogP) is 2.93. The minimum Gasteiger partial charge on any atom is -0.462 e. The van der Waals surface area contributed by atoms with Gasteiger partial charge < -0.3 is 4.74 Å². The highest BCUT2D eigenvalue weighted by atomic mass is 16.5. The summed E-state index contributed by atoms with van der Waals surface area (Å²) in [5.41, 5.74) is 0.671. The van der Waals surface area contributed by atoms with Gasteiger partial charge in [-0.2, -0.15) is 0 Å². The molecule has 0 aromatic carbocycles. The third kappa shape index (κ3) is 2.37. The molecule has 1 saturated carbocycles. The molecule has 0 radical (unpaired) electrons. The Balaban J connectivity index is 2.44. The van der Waals surface area contributed by atoms with E-state index in [1.165, 1.54) is 12.8 Å². The Morgan fingerprint density at radius 3 is 2.71 bits per heavy atom. The molecule has 1 rings (SSSR count). The minimum atomic E-state index is -0.259. The van der Waals surface area contributed by atoms with E-state index in [1.54, 1.807) is 6.92 Å². The van der Waals surface area contributed by atoms with Crippen molar-refractivity contribution in [2.75, 3.05) is 6.61 Å². The fourth-order valence-corrected chi connectivity index (χ4v) is 1.97. The number of ether oxygens (including phenoxy) is 1. The second-order valence-electron chi connectivity index (χ2n) is 4.80. The van der Waals surface area contributed by atoms with E-state index in [4.69, 9.17) is 4.74 Å². The molecule has 2 heteroatoms. The molecule has 0 spiro atoms. The lowest BCUT2D eigenvalue weighted by molar-refractivity contribution is -0.142. The van der Waals surface area contributed by atoms with Gasteiger partial charge in [0.05, 0.1) is 6.61 Å². The number of hydrogen-bond acceptors (Lipinski definition) is 2. The maximum atomic E-state index is 11.2. The SMILES string of the molecule is C=C(C)C(=O)OCC1(C)CCCC1C. The van der Waals surface area contributed by atoms with Crippen molar-refractivity contribution in [3.8, 4) is 0 Å². The van der Waals surface area contributed by atoms with Crippen molar-refractivity contribution in [1.29, 1.82) is 0 Å². The topological polar surface area (TPSA) is 26.3 Å². The first-order chi connectivity index (χ1) is 6.46. The smallest absolute Gasteiger partial charge is 0.333 e. The van der Waals surface area contributed by atoms with E-state index in [2.05, 4.69) is 20.4 Å². The highest BCUT2D eigenvalue weighted by Gasteiger charge is 2.36. The highest BCUT2D eigenvalue weighted by Crippen LogP contribution is 2.42. The van der Waals surface area contributed by atoms with Gasteiger partial charge in [-0.15, -0.1) is 0 Å². The molecule has 1 aliphatic rings. The summed E-state index contributed by atoms with van der Waals surface area (Å²) in [7, 11) is 0. The molecule has 2 unspecified atom stereocenters. The van der Waals surface area contributed by atoms with E-state index in [0.717, 1.165) is 6.42 Å². The molecule has 0 aromatic rings. The van der Waals surface area contributed by atoms with Crippen LogP contribution < -0.4 is 0 Å². The lowest BCUT2D eigenvalue weighted by Gasteiger charge is -2.28. The van der Waals surface area contributed by atoms with Gasteiger partial charge in [-0.3, -0.25) is 0 Å². The summed E-state index contributed by atoms with van der Waals surface area (Å²) in [6.45, 7) is 10.2. The molecule has 0 N–H and O–H groups in total. The van der Waals surface area contributed by atoms with Crippen LogP contribution in [-0.2, 0) is 9.53 Å². The zero-order valence-electron chi connectivity index (χ0n) is 9.43. The molecule has 0 saturated heterocycles. The summed E-state index contributed by atoms with van der Waals surface area (Å²) in [4.78, 5) is 11.2. The van der Waals surface area contributed by atoms with Crippen LogP contribution in [0.15, 0.2) is 12.2 Å². The zero-order chi connectivity index (χ0) is 10.8. The fourth-order valence-electron chi connectivity index (χ4n) is 1.97. The van der Waals surface area contributed by atoms with Crippen LogP contribution in [0.1, 0.15) is 40.0 Å². The number of esters is 1. The van der Waals surface area contributed by atoms with Crippen LogP contribution in [0.5, 0.6) is 0 Å². The molecule has 0 heterocycles. The fraction of sp³-hybridized carbons (Fsp3) is 0.750. The van der Waals surface area contributed by atoms with Gasteiger partial charge in [-0.1, -0.05) is 33.3 Å². The van der Waals surface area contributed by atoms with E-state index >= 15 is 0 Å². The first-order valence-electron chi connectivity index (χ1n) is 5.28. The summed E-state index contributed by atoms with van der Waals surface area (Å²) >= 11 is 0. The van der Waals surface area contributed by atoms with Crippen LogP contribution in [-0.4, -0.2) is 12.6 Å². The highest BCUT2D eigenvalue weighted by molar-refractivity contribution is 5.86. The second kappa shape index (κ2) is 4.16. The molecular weight excluding hydrogens is 176 g/mol. The third-order valence-electron chi connectivity index (χ3n) is 3.46. The van der Waals surface area contributed by atoms with Crippen molar-refractivity contribution < 1.29 is 9.53 Å². The Morgan fingerprint density at radius 2 is 2.29 bits per heavy atom. The molecule has 2 atom stereocenters. The van der Waals surface area contributed by atoms with Crippen molar-refractivity contribution in [2.24, 2.45) is 11.3 Å².